The van der Waals surface area contributed by atoms with E-state index in [0.717, 1.165) is 27.7 Å². The number of carbonyl (C=O) groups excluding carboxylic acids is 1. The van der Waals surface area contributed by atoms with Crippen LogP contribution in [-0.2, 0) is 5.41 Å². The van der Waals surface area contributed by atoms with E-state index in [2.05, 4.69) is 41.6 Å². The standard InChI is InChI=1S/C25H27N5O2/c1-15-7-6-8-18(11-15)26-24(32)27-21-13-17(25(3,4)5)14-22(23(21)31)30-28-19-10-9-16(2)12-20(19)29-30/h6-14,31H,1-5H3,(H2,26,27,32). The van der Waals surface area contributed by atoms with Crippen LogP contribution in [0.2, 0.25) is 0 Å². The Labute approximate surface area is 187 Å². The number of urea groups is 1. The number of anilines is 2. The van der Waals surface area contributed by atoms with E-state index in [9.17, 15) is 9.90 Å². The van der Waals surface area contributed by atoms with Gasteiger partial charge in [-0.05, 0) is 72.4 Å². The second kappa shape index (κ2) is 8.00. The van der Waals surface area contributed by atoms with E-state index in [1.165, 1.54) is 4.80 Å². The van der Waals surface area contributed by atoms with Crippen molar-refractivity contribution in [3.63, 3.8) is 0 Å². The van der Waals surface area contributed by atoms with Gasteiger partial charge in [0.05, 0.1) is 5.69 Å². The second-order valence-electron chi connectivity index (χ2n) is 9.07. The number of phenols is 1. The molecule has 0 spiro atoms. The lowest BCUT2D eigenvalue weighted by Gasteiger charge is -2.22. The lowest BCUT2D eigenvalue weighted by molar-refractivity contribution is 0.262. The highest BCUT2D eigenvalue weighted by Gasteiger charge is 2.22. The van der Waals surface area contributed by atoms with Gasteiger partial charge in [0, 0.05) is 5.69 Å². The Morgan fingerprint density at radius 2 is 1.62 bits per heavy atom. The molecule has 0 saturated carbocycles. The summed E-state index contributed by atoms with van der Waals surface area (Å²) in [4.78, 5) is 14.1. The van der Waals surface area contributed by atoms with Crippen LogP contribution < -0.4 is 10.6 Å². The highest BCUT2D eigenvalue weighted by Crippen LogP contribution is 2.36. The first-order valence-electron chi connectivity index (χ1n) is 10.5. The van der Waals surface area contributed by atoms with E-state index in [1.54, 1.807) is 6.07 Å². The first kappa shape index (κ1) is 21.4. The molecular formula is C25H27N5O2. The highest BCUT2D eigenvalue weighted by molar-refractivity contribution is 6.01. The summed E-state index contributed by atoms with van der Waals surface area (Å²) in [5.41, 5.74) is 5.63. The van der Waals surface area contributed by atoms with Gasteiger partial charge in [-0.25, -0.2) is 4.79 Å². The van der Waals surface area contributed by atoms with Crippen molar-refractivity contribution in [2.45, 2.75) is 40.0 Å². The van der Waals surface area contributed by atoms with Crippen LogP contribution in [0.1, 0.15) is 37.5 Å². The SMILES string of the molecule is Cc1cccc(NC(=O)Nc2cc(C(C)(C)C)cc(-n3nc4ccc(C)cc4n3)c2O)c1. The normalized spacial score (nSPS) is 11.5. The molecule has 32 heavy (non-hydrogen) atoms. The summed E-state index contributed by atoms with van der Waals surface area (Å²) < 4.78 is 0. The van der Waals surface area contributed by atoms with Crippen molar-refractivity contribution >= 4 is 28.4 Å². The Kier molecular flexibility index (Phi) is 5.34. The summed E-state index contributed by atoms with van der Waals surface area (Å²) in [6, 6.07) is 16.5. The van der Waals surface area contributed by atoms with E-state index in [-0.39, 0.29) is 16.9 Å². The molecule has 0 aliphatic heterocycles. The number of aromatic nitrogens is 3. The molecular weight excluding hydrogens is 402 g/mol. The lowest BCUT2D eigenvalue weighted by Crippen LogP contribution is -2.21. The Bertz CT molecular complexity index is 1320. The zero-order valence-electron chi connectivity index (χ0n) is 18.9. The zero-order valence-corrected chi connectivity index (χ0v) is 18.9. The third-order valence-electron chi connectivity index (χ3n) is 5.23. The number of hydrogen-bond acceptors (Lipinski definition) is 4. The third-order valence-corrected chi connectivity index (χ3v) is 5.23. The number of nitrogens with zero attached hydrogens (tertiary/aromatic N) is 3. The number of rotatable bonds is 3. The van der Waals surface area contributed by atoms with Gasteiger partial charge >= 0.3 is 6.03 Å². The number of fused-ring (bicyclic) bond motifs is 1. The molecule has 7 heteroatoms. The molecule has 0 aliphatic carbocycles. The fourth-order valence-electron chi connectivity index (χ4n) is 3.44. The molecule has 1 aromatic heterocycles. The van der Waals surface area contributed by atoms with Gasteiger partial charge in [0.25, 0.3) is 0 Å². The first-order chi connectivity index (χ1) is 15.1. The van der Waals surface area contributed by atoms with Gasteiger partial charge in [0.15, 0.2) is 5.75 Å². The first-order valence-corrected chi connectivity index (χ1v) is 10.5. The monoisotopic (exact) mass is 429 g/mol. The minimum atomic E-state index is -0.447. The second-order valence-corrected chi connectivity index (χ2v) is 9.07. The summed E-state index contributed by atoms with van der Waals surface area (Å²) in [5.74, 6) is -0.102. The zero-order chi connectivity index (χ0) is 23.0. The fraction of sp³-hybridized carbons (Fsp3) is 0.240. The van der Waals surface area contributed by atoms with Crippen molar-refractivity contribution in [1.82, 2.24) is 15.0 Å². The number of benzene rings is 3. The van der Waals surface area contributed by atoms with Crippen LogP contribution in [-0.4, -0.2) is 26.1 Å². The molecule has 2 amide bonds. The van der Waals surface area contributed by atoms with E-state index < -0.39 is 6.03 Å². The summed E-state index contributed by atoms with van der Waals surface area (Å²) in [5, 5.41) is 25.7. The predicted molar refractivity (Wildman–Crippen MR) is 128 cm³/mol. The van der Waals surface area contributed by atoms with Gasteiger partial charge in [0.2, 0.25) is 0 Å². The fourth-order valence-corrected chi connectivity index (χ4v) is 3.44. The summed E-state index contributed by atoms with van der Waals surface area (Å²) in [6.45, 7) is 10.1. The summed E-state index contributed by atoms with van der Waals surface area (Å²) in [7, 11) is 0. The Morgan fingerprint density at radius 1 is 0.906 bits per heavy atom. The topological polar surface area (TPSA) is 92.1 Å². The molecule has 0 radical (unpaired) electrons. The summed E-state index contributed by atoms with van der Waals surface area (Å²) >= 11 is 0. The van der Waals surface area contributed by atoms with Crippen molar-refractivity contribution in [1.29, 1.82) is 0 Å². The van der Waals surface area contributed by atoms with Gasteiger partial charge in [-0.1, -0.05) is 39.0 Å². The molecule has 3 aromatic carbocycles. The number of nitrogens with one attached hydrogen (secondary N) is 2. The molecule has 0 fully saturated rings. The van der Waals surface area contributed by atoms with Crippen LogP contribution in [0.3, 0.4) is 0 Å². The number of aryl methyl sites for hydroxylation is 2. The molecule has 0 atom stereocenters. The van der Waals surface area contributed by atoms with E-state index in [0.29, 0.717) is 11.4 Å². The average molecular weight is 430 g/mol. The Morgan fingerprint density at radius 3 is 2.34 bits per heavy atom. The smallest absolute Gasteiger partial charge is 0.323 e. The van der Waals surface area contributed by atoms with Gasteiger partial charge in [-0.3, -0.25) is 0 Å². The van der Waals surface area contributed by atoms with E-state index in [4.69, 9.17) is 0 Å². The number of hydrogen-bond donors (Lipinski definition) is 3. The van der Waals surface area contributed by atoms with Crippen molar-refractivity contribution < 1.29 is 9.90 Å². The predicted octanol–water partition coefficient (Wildman–Crippen LogP) is 5.68. The largest absolute Gasteiger partial charge is 0.504 e. The minimum absolute atomic E-state index is 0.102. The van der Waals surface area contributed by atoms with Crippen molar-refractivity contribution in [2.24, 2.45) is 0 Å². The van der Waals surface area contributed by atoms with Gasteiger partial charge in [-0.2, -0.15) is 0 Å². The number of aromatic hydroxyl groups is 1. The van der Waals surface area contributed by atoms with Gasteiger partial charge < -0.3 is 15.7 Å². The molecule has 0 unspecified atom stereocenters. The van der Waals surface area contributed by atoms with Crippen molar-refractivity contribution in [2.75, 3.05) is 10.6 Å². The molecule has 0 aliphatic rings. The number of amides is 2. The highest BCUT2D eigenvalue weighted by atomic mass is 16.3. The molecule has 164 valence electrons. The van der Waals surface area contributed by atoms with Crippen LogP contribution in [0.4, 0.5) is 16.2 Å². The third kappa shape index (κ3) is 4.42. The van der Waals surface area contributed by atoms with Crippen LogP contribution in [0.25, 0.3) is 16.7 Å². The quantitative estimate of drug-likeness (QED) is 0.365. The maximum absolute atomic E-state index is 12.7. The van der Waals surface area contributed by atoms with Crippen LogP contribution in [0, 0.1) is 13.8 Å². The van der Waals surface area contributed by atoms with E-state index >= 15 is 0 Å². The van der Waals surface area contributed by atoms with Crippen LogP contribution in [0.5, 0.6) is 5.75 Å². The minimum Gasteiger partial charge on any atom is -0.504 e. The molecule has 4 aromatic rings. The van der Waals surface area contributed by atoms with Crippen molar-refractivity contribution in [3.8, 4) is 11.4 Å². The van der Waals surface area contributed by atoms with Gasteiger partial charge in [-0.15, -0.1) is 15.0 Å². The Balaban J connectivity index is 1.74. The molecule has 7 nitrogen and oxygen atoms in total. The van der Waals surface area contributed by atoms with Crippen LogP contribution in [0.15, 0.2) is 54.6 Å². The van der Waals surface area contributed by atoms with Crippen LogP contribution >= 0.6 is 0 Å². The molecule has 3 N–H and O–H groups in total. The van der Waals surface area contributed by atoms with Crippen molar-refractivity contribution in [3.05, 3.63) is 71.3 Å². The number of phenolic OH excluding ortho intramolecular Hbond substituents is 1. The Hall–Kier alpha value is -3.87. The maximum atomic E-state index is 12.7. The molecule has 0 saturated heterocycles. The van der Waals surface area contributed by atoms with Gasteiger partial charge in [0.1, 0.15) is 16.7 Å². The van der Waals surface area contributed by atoms with E-state index in [1.807, 2.05) is 62.4 Å². The average Bonchev–Trinajstić information content (AvgIpc) is 3.11. The number of carbonyl (C=O) groups is 1. The maximum Gasteiger partial charge on any atom is 0.323 e. The lowest BCUT2D eigenvalue weighted by atomic mass is 9.86. The summed E-state index contributed by atoms with van der Waals surface area (Å²) in [6.07, 6.45) is 0. The molecule has 4 rings (SSSR count). The molecule has 0 bridgehead atoms. The molecule has 1 heterocycles.